The third kappa shape index (κ3) is 6.76. The molecule has 0 saturated carbocycles. The number of aryl methyl sites for hydroxylation is 2. The smallest absolute Gasteiger partial charge is 1.00 e. The van der Waals surface area contributed by atoms with E-state index in [1.54, 1.807) is 24.8 Å². The molecule has 6 rings (SSSR count). The van der Waals surface area contributed by atoms with E-state index in [4.69, 9.17) is 0 Å². The zero-order valence-corrected chi connectivity index (χ0v) is 32.3. The van der Waals surface area contributed by atoms with Crippen LogP contribution in [-0.2, 0) is 31.2 Å². The van der Waals surface area contributed by atoms with Crippen molar-refractivity contribution in [3.63, 3.8) is 0 Å². The van der Waals surface area contributed by atoms with Crippen LogP contribution >= 0.6 is 0 Å². The number of fused-ring (bicyclic) bond motifs is 3. The van der Waals surface area contributed by atoms with Gasteiger partial charge < -0.3 is 24.8 Å². The summed E-state index contributed by atoms with van der Waals surface area (Å²) in [6.07, 6.45) is 8.39. The van der Waals surface area contributed by atoms with E-state index < -0.39 is 25.8 Å². The number of benzene rings is 4. The Morgan fingerprint density at radius 2 is 1.05 bits per heavy atom. The summed E-state index contributed by atoms with van der Waals surface area (Å²) in [5, 5.41) is 3.17. The molecule has 226 valence electrons. The quantitative estimate of drug-likeness (QED) is 0.285. The average molecular weight is 715 g/mol. The molecule has 0 atom stereocenters. The van der Waals surface area contributed by atoms with Gasteiger partial charge in [-0.25, -0.2) is 0 Å². The van der Waals surface area contributed by atoms with Gasteiger partial charge in [-0.15, -0.1) is 0 Å². The molecule has 44 heavy (non-hydrogen) atoms. The van der Waals surface area contributed by atoms with Gasteiger partial charge in [0, 0.05) is 0 Å². The van der Waals surface area contributed by atoms with Crippen molar-refractivity contribution in [1.29, 1.82) is 0 Å². The molecule has 0 radical (unpaired) electrons. The second-order valence-electron chi connectivity index (χ2n) is 14.4. The van der Waals surface area contributed by atoms with E-state index in [2.05, 4.69) is 159 Å². The largest absolute Gasteiger partial charge is 1.00 e. The Hall–Kier alpha value is -1.96. The third-order valence-corrected chi connectivity index (χ3v) is 28.9. The van der Waals surface area contributed by atoms with E-state index >= 15 is 0 Å². The SMILES string of the molecule is Cc1ccc([Si](c2ccc(C)cc2)=[Zr+2]([C]2=CC=CC2)[CH]2c3ccc(C(C)(C)C)cc3-c3cc(C(C)(C)C)ccc32)cc1.[Cl-].[Cl-]. The molecule has 0 aromatic heterocycles. The first-order chi connectivity index (χ1) is 19.9. The molecule has 0 unspecified atom stereocenters. The minimum atomic E-state index is -2.47. The van der Waals surface area contributed by atoms with E-state index in [0.717, 1.165) is 6.42 Å². The van der Waals surface area contributed by atoms with E-state index in [0.29, 0.717) is 3.63 Å². The molecule has 2 aliphatic rings. The molecule has 0 spiro atoms. The maximum absolute atomic E-state index is 2.55. The van der Waals surface area contributed by atoms with Gasteiger partial charge in [0.25, 0.3) is 0 Å². The van der Waals surface area contributed by atoms with Crippen molar-refractivity contribution >= 4 is 15.8 Å². The predicted octanol–water partition coefficient (Wildman–Crippen LogP) is 3.24. The molecule has 0 saturated heterocycles. The number of halogens is 2. The number of rotatable bonds is 4. The van der Waals surface area contributed by atoms with Crippen LogP contribution in [0.1, 0.15) is 85.0 Å². The van der Waals surface area contributed by atoms with E-state index in [1.165, 1.54) is 33.4 Å². The summed E-state index contributed by atoms with van der Waals surface area (Å²) in [4.78, 5) is 0. The monoisotopic (exact) mass is 712 g/mol. The van der Waals surface area contributed by atoms with Crippen LogP contribution in [0.3, 0.4) is 0 Å². The van der Waals surface area contributed by atoms with Crippen LogP contribution in [0.15, 0.2) is 106 Å². The molecule has 0 nitrogen and oxygen atoms in total. The topological polar surface area (TPSA) is 0 Å². The Bertz CT molecular complexity index is 1650. The zero-order chi connectivity index (χ0) is 29.8. The second kappa shape index (κ2) is 13.4. The maximum Gasteiger partial charge on any atom is -1.00 e. The van der Waals surface area contributed by atoms with Crippen molar-refractivity contribution in [2.45, 2.75) is 76.3 Å². The van der Waals surface area contributed by atoms with Gasteiger partial charge in [0.2, 0.25) is 0 Å². The van der Waals surface area contributed by atoms with Gasteiger partial charge in [-0.3, -0.25) is 0 Å². The Morgan fingerprint density at radius 1 is 0.614 bits per heavy atom. The number of hydrogen-bond acceptors (Lipinski definition) is 0. The summed E-state index contributed by atoms with van der Waals surface area (Å²) in [5.74, 6) is 0. The van der Waals surface area contributed by atoms with Gasteiger partial charge in [-0.1, -0.05) is 0 Å². The van der Waals surface area contributed by atoms with Crippen LogP contribution < -0.4 is 35.2 Å². The standard InChI is InChI=1S/C21H25.C14H14Si.C5H5.2ClH.Zr/c1-20(2,3)16-9-7-14-11-15-8-10-17(21(4,5)6)13-19(15)18(14)12-16;1-11-3-7-13(8-4-11)15-14-9-5-12(2)6-10-14;1-2-4-5-3-1;;;/h7-13H,1-6H3;3-10H,1-2H3;1-3H,4H2;2*1H;/q;;;;;+2/p-2. The Morgan fingerprint density at radius 3 is 1.41 bits per heavy atom. The van der Waals surface area contributed by atoms with Crippen LogP contribution in [0.2, 0.25) is 0 Å². The molecule has 4 aromatic rings. The van der Waals surface area contributed by atoms with Gasteiger partial charge in [0.05, 0.1) is 0 Å². The Labute approximate surface area is 286 Å². The summed E-state index contributed by atoms with van der Waals surface area (Å²) < 4.78 is 2.29. The first kappa shape index (κ1) is 34.9. The zero-order valence-electron chi connectivity index (χ0n) is 27.4. The first-order valence-electron chi connectivity index (χ1n) is 15.5. The fraction of sp³-hybridized carbons (Fsp3) is 0.300. The van der Waals surface area contributed by atoms with Crippen molar-refractivity contribution in [1.82, 2.24) is 0 Å². The van der Waals surface area contributed by atoms with Crippen molar-refractivity contribution in [2.75, 3.05) is 0 Å². The van der Waals surface area contributed by atoms with Crippen molar-refractivity contribution in [3.8, 4) is 11.1 Å². The van der Waals surface area contributed by atoms with Gasteiger partial charge in [0.15, 0.2) is 0 Å². The molecule has 4 aromatic carbocycles. The normalized spacial score (nSPS) is 13.7. The molecule has 0 heterocycles. The fourth-order valence-corrected chi connectivity index (χ4v) is 28.8. The molecule has 0 aliphatic heterocycles. The van der Waals surface area contributed by atoms with Crippen LogP contribution in [0.5, 0.6) is 0 Å². The summed E-state index contributed by atoms with van der Waals surface area (Å²) in [5.41, 5.74) is 11.0. The maximum atomic E-state index is 2.55. The van der Waals surface area contributed by atoms with Crippen LogP contribution in [0.4, 0.5) is 0 Å². The van der Waals surface area contributed by atoms with Gasteiger partial charge in [0.1, 0.15) is 0 Å². The number of hydrogen-bond donors (Lipinski definition) is 0. The molecule has 2 aliphatic carbocycles. The van der Waals surface area contributed by atoms with E-state index in [1.807, 2.05) is 0 Å². The van der Waals surface area contributed by atoms with Gasteiger partial charge in [-0.05, 0) is 0 Å². The van der Waals surface area contributed by atoms with E-state index in [9.17, 15) is 0 Å². The summed E-state index contributed by atoms with van der Waals surface area (Å²) in [7, 11) is 0. The average Bonchev–Trinajstić information content (AvgIpc) is 3.58. The van der Waals surface area contributed by atoms with Crippen LogP contribution in [-0.4, -0.2) is 5.43 Å². The van der Waals surface area contributed by atoms with Crippen molar-refractivity contribution in [2.24, 2.45) is 0 Å². The number of allylic oxidation sites excluding steroid dienone is 4. The Kier molecular flexibility index (Phi) is 10.6. The molecular formula is C40H44Cl2SiZr. The Balaban J connectivity index is 0.00000221. The van der Waals surface area contributed by atoms with Gasteiger partial charge >= 0.3 is 263 Å². The van der Waals surface area contributed by atoms with Crippen molar-refractivity contribution in [3.05, 3.63) is 140 Å². The minimum Gasteiger partial charge on any atom is -1.00 e. The molecule has 0 bridgehead atoms. The molecule has 0 amide bonds. The van der Waals surface area contributed by atoms with Crippen LogP contribution in [0, 0.1) is 13.8 Å². The molecule has 4 heteroatoms. The third-order valence-electron chi connectivity index (χ3n) is 9.11. The van der Waals surface area contributed by atoms with Crippen LogP contribution in [0.25, 0.3) is 11.1 Å². The molecule has 0 fully saturated rings. The minimum absolute atomic E-state index is 0. The summed E-state index contributed by atoms with van der Waals surface area (Å²) in [6, 6.07) is 34.3. The summed E-state index contributed by atoms with van der Waals surface area (Å²) >= 11 is -2.47. The molecular weight excluding hydrogens is 671 g/mol. The van der Waals surface area contributed by atoms with E-state index in [-0.39, 0.29) is 35.6 Å². The second-order valence-corrected chi connectivity index (χ2v) is 28.2. The summed E-state index contributed by atoms with van der Waals surface area (Å²) in [6.45, 7) is 18.5. The molecule has 0 N–H and O–H groups in total. The van der Waals surface area contributed by atoms with Crippen molar-refractivity contribution < 1.29 is 45.2 Å². The first-order valence-corrected chi connectivity index (χ1v) is 23.3. The predicted molar refractivity (Wildman–Crippen MR) is 180 cm³/mol. The van der Waals surface area contributed by atoms with Gasteiger partial charge in [-0.2, -0.15) is 0 Å². The fourth-order valence-electron chi connectivity index (χ4n) is 6.55.